The Morgan fingerprint density at radius 1 is 0.552 bits per heavy atom. The van der Waals surface area contributed by atoms with Gasteiger partial charge in [0.2, 0.25) is 0 Å². The zero-order valence-electron chi connectivity index (χ0n) is 16.4. The van der Waals surface area contributed by atoms with Crippen molar-refractivity contribution in [3.63, 3.8) is 0 Å². The molecule has 0 aromatic heterocycles. The number of aryl methyl sites for hydroxylation is 2. The second-order valence-electron chi connectivity index (χ2n) is 7.59. The van der Waals surface area contributed by atoms with E-state index in [0.717, 1.165) is 16.9 Å². The van der Waals surface area contributed by atoms with Gasteiger partial charge in [0.15, 0.2) is 0 Å². The summed E-state index contributed by atoms with van der Waals surface area (Å²) >= 11 is 0. The molecule has 4 aromatic carbocycles. The van der Waals surface area contributed by atoms with Gasteiger partial charge in [-0.25, -0.2) is 0 Å². The van der Waals surface area contributed by atoms with Gasteiger partial charge in [0.1, 0.15) is 0 Å². The number of hydrogen-bond acceptors (Lipinski definition) is 1. The van der Waals surface area contributed by atoms with Gasteiger partial charge >= 0.3 is 0 Å². The Hall–Kier alpha value is -3.58. The van der Waals surface area contributed by atoms with Crippen LogP contribution in [0, 0.1) is 0 Å². The highest BCUT2D eigenvalue weighted by atomic mass is 14.9. The quantitative estimate of drug-likeness (QED) is 0.382. The molecule has 0 heterocycles. The first-order chi connectivity index (χ1) is 14.3. The first-order valence-corrected chi connectivity index (χ1v) is 10.1. The summed E-state index contributed by atoms with van der Waals surface area (Å²) < 4.78 is 0. The van der Waals surface area contributed by atoms with Crippen LogP contribution in [0.15, 0.2) is 97.6 Å². The third kappa shape index (κ3) is 3.60. The highest BCUT2D eigenvalue weighted by Gasteiger charge is 2.13. The Kier molecular flexibility index (Phi) is 4.50. The van der Waals surface area contributed by atoms with E-state index in [2.05, 4.69) is 103 Å². The van der Waals surface area contributed by atoms with Gasteiger partial charge in [-0.3, -0.25) is 0 Å². The molecular formula is C28H23N. The highest BCUT2D eigenvalue weighted by molar-refractivity contribution is 5.72. The van der Waals surface area contributed by atoms with Gasteiger partial charge in [-0.2, -0.15) is 0 Å². The summed E-state index contributed by atoms with van der Waals surface area (Å²) in [5.41, 5.74) is 11.3. The molecule has 1 aliphatic carbocycles. The summed E-state index contributed by atoms with van der Waals surface area (Å²) in [6.45, 7) is 3.81. The Labute approximate surface area is 172 Å². The first kappa shape index (κ1) is 17.5. The molecule has 0 amide bonds. The lowest BCUT2D eigenvalue weighted by Crippen LogP contribution is -2.07. The third-order valence-electron chi connectivity index (χ3n) is 5.74. The third-order valence-corrected chi connectivity index (χ3v) is 5.74. The maximum atomic E-state index is 3.81. The summed E-state index contributed by atoms with van der Waals surface area (Å²) in [4.78, 5) is 0. The van der Waals surface area contributed by atoms with Crippen LogP contribution < -0.4 is 5.32 Å². The van der Waals surface area contributed by atoms with E-state index in [1.54, 1.807) is 0 Å². The Morgan fingerprint density at radius 2 is 1.03 bits per heavy atom. The molecule has 0 saturated heterocycles. The molecule has 5 rings (SSSR count). The maximum absolute atomic E-state index is 3.81. The van der Waals surface area contributed by atoms with Gasteiger partial charge < -0.3 is 5.32 Å². The van der Waals surface area contributed by atoms with Gasteiger partial charge in [-0.1, -0.05) is 79.4 Å². The fourth-order valence-electron chi connectivity index (χ4n) is 3.85. The smallest absolute Gasteiger partial charge is 0.0384 e. The van der Waals surface area contributed by atoms with Crippen molar-refractivity contribution in [1.82, 2.24) is 0 Å². The van der Waals surface area contributed by atoms with E-state index >= 15 is 0 Å². The molecule has 1 N–H and O–H groups in total. The first-order valence-electron chi connectivity index (χ1n) is 10.1. The molecule has 0 radical (unpaired) electrons. The summed E-state index contributed by atoms with van der Waals surface area (Å²) in [7, 11) is 0. The minimum absolute atomic E-state index is 1.09. The predicted molar refractivity (Wildman–Crippen MR) is 125 cm³/mol. The standard InChI is InChI=1S/C28H23N/c1-2-20-3-5-21(6-4-20)22-11-15-27(16-12-22)29-28-17-13-24(14-18-28)26-10-8-23-7-9-25(23)19-26/h2-6,8,10-19,29H,1,7,9H2. The predicted octanol–water partition coefficient (Wildman–Crippen LogP) is 7.51. The molecule has 29 heavy (non-hydrogen) atoms. The Balaban J connectivity index is 1.29. The van der Waals surface area contributed by atoms with Gasteiger partial charge in [-0.15, -0.1) is 0 Å². The molecule has 0 saturated carbocycles. The van der Waals surface area contributed by atoms with Gasteiger partial charge in [-0.05, 0) is 76.1 Å². The van der Waals surface area contributed by atoms with Crippen molar-refractivity contribution in [3.05, 3.63) is 114 Å². The van der Waals surface area contributed by atoms with Gasteiger partial charge in [0.05, 0.1) is 0 Å². The second-order valence-corrected chi connectivity index (χ2v) is 7.59. The van der Waals surface area contributed by atoms with Crippen molar-refractivity contribution in [2.45, 2.75) is 12.8 Å². The van der Waals surface area contributed by atoms with E-state index in [1.165, 1.54) is 46.2 Å². The summed E-state index contributed by atoms with van der Waals surface area (Å²) in [6, 6.07) is 32.5. The van der Waals surface area contributed by atoms with Crippen LogP contribution in [-0.4, -0.2) is 0 Å². The Morgan fingerprint density at radius 3 is 1.52 bits per heavy atom. The summed E-state index contributed by atoms with van der Waals surface area (Å²) in [5, 5.41) is 3.50. The van der Waals surface area contributed by atoms with Crippen LogP contribution in [0.25, 0.3) is 28.3 Å². The van der Waals surface area contributed by atoms with Crippen LogP contribution >= 0.6 is 0 Å². The monoisotopic (exact) mass is 373 g/mol. The molecule has 0 unspecified atom stereocenters. The molecule has 140 valence electrons. The molecule has 0 atom stereocenters. The molecule has 1 heteroatoms. The SMILES string of the molecule is C=Cc1ccc(-c2ccc(Nc3ccc(-c4ccc5c(c4)CC5)cc3)cc2)cc1. The summed E-state index contributed by atoms with van der Waals surface area (Å²) in [6.07, 6.45) is 4.32. The number of hydrogen-bond donors (Lipinski definition) is 1. The summed E-state index contributed by atoms with van der Waals surface area (Å²) in [5.74, 6) is 0. The molecule has 0 bridgehead atoms. The van der Waals surface area contributed by atoms with Crippen LogP contribution in [0.1, 0.15) is 16.7 Å². The fourth-order valence-corrected chi connectivity index (χ4v) is 3.85. The molecule has 4 aromatic rings. The van der Waals surface area contributed by atoms with Crippen LogP contribution in [0.4, 0.5) is 11.4 Å². The molecule has 0 aliphatic heterocycles. The van der Waals surface area contributed by atoms with Crippen molar-refractivity contribution in [3.8, 4) is 22.3 Å². The second kappa shape index (κ2) is 7.44. The number of rotatable bonds is 5. The van der Waals surface area contributed by atoms with Crippen LogP contribution in [0.2, 0.25) is 0 Å². The van der Waals surface area contributed by atoms with Crippen molar-refractivity contribution in [2.24, 2.45) is 0 Å². The lowest BCUT2D eigenvalue weighted by molar-refractivity contribution is 0.840. The van der Waals surface area contributed by atoms with E-state index in [-0.39, 0.29) is 0 Å². The van der Waals surface area contributed by atoms with E-state index in [0.29, 0.717) is 0 Å². The molecule has 1 aliphatic rings. The molecule has 0 fully saturated rings. The van der Waals surface area contributed by atoms with Crippen molar-refractivity contribution in [2.75, 3.05) is 5.32 Å². The molecular weight excluding hydrogens is 350 g/mol. The van der Waals surface area contributed by atoms with E-state index < -0.39 is 0 Å². The average molecular weight is 373 g/mol. The molecule has 0 spiro atoms. The van der Waals surface area contributed by atoms with Gasteiger partial charge in [0, 0.05) is 11.4 Å². The van der Waals surface area contributed by atoms with Crippen molar-refractivity contribution >= 4 is 17.5 Å². The maximum Gasteiger partial charge on any atom is 0.0384 e. The molecule has 1 nitrogen and oxygen atoms in total. The van der Waals surface area contributed by atoms with E-state index in [4.69, 9.17) is 0 Å². The number of anilines is 2. The van der Waals surface area contributed by atoms with Crippen LogP contribution in [-0.2, 0) is 12.8 Å². The van der Waals surface area contributed by atoms with Crippen molar-refractivity contribution in [1.29, 1.82) is 0 Å². The highest BCUT2D eigenvalue weighted by Crippen LogP contribution is 2.30. The minimum Gasteiger partial charge on any atom is -0.356 e. The lowest BCUT2D eigenvalue weighted by atomic mass is 9.86. The average Bonchev–Trinajstić information content (AvgIpc) is 2.76. The normalized spacial score (nSPS) is 12.0. The fraction of sp³-hybridized carbons (Fsp3) is 0.0714. The number of fused-ring (bicyclic) bond motifs is 1. The number of benzene rings is 4. The zero-order valence-corrected chi connectivity index (χ0v) is 16.4. The zero-order chi connectivity index (χ0) is 19.6. The van der Waals surface area contributed by atoms with E-state index in [1.807, 2.05) is 6.08 Å². The van der Waals surface area contributed by atoms with Gasteiger partial charge in [0.25, 0.3) is 0 Å². The lowest BCUT2D eigenvalue weighted by Gasteiger charge is -2.19. The topological polar surface area (TPSA) is 12.0 Å². The largest absolute Gasteiger partial charge is 0.356 e. The van der Waals surface area contributed by atoms with E-state index in [9.17, 15) is 0 Å². The minimum atomic E-state index is 1.09. The number of nitrogens with one attached hydrogen (secondary N) is 1. The van der Waals surface area contributed by atoms with Crippen LogP contribution in [0.3, 0.4) is 0 Å². The van der Waals surface area contributed by atoms with Crippen LogP contribution in [0.5, 0.6) is 0 Å². The van der Waals surface area contributed by atoms with Crippen molar-refractivity contribution < 1.29 is 0 Å². The Bertz CT molecular complexity index is 1150.